The van der Waals surface area contributed by atoms with Gasteiger partial charge >= 0.3 is 0 Å². The maximum Gasteiger partial charge on any atom is 0.260 e. The van der Waals surface area contributed by atoms with Crippen LogP contribution in [-0.2, 0) is 14.3 Å². The average molecular weight is 305 g/mol. The smallest absolute Gasteiger partial charge is 0.260 e. The first-order valence-electron chi connectivity index (χ1n) is 8.00. The minimum atomic E-state index is 0.00868. The Morgan fingerprint density at radius 3 is 2.91 bits per heavy atom. The summed E-state index contributed by atoms with van der Waals surface area (Å²) in [5.41, 5.74) is 0. The van der Waals surface area contributed by atoms with Gasteiger partial charge in [0, 0.05) is 13.2 Å². The van der Waals surface area contributed by atoms with E-state index in [1.807, 2.05) is 42.2 Å². The monoisotopic (exact) mass is 305 g/mol. The topological polar surface area (TPSA) is 48.0 Å². The third-order valence-electron chi connectivity index (χ3n) is 4.34. The molecule has 0 radical (unpaired) electrons. The molecular formula is C17H23NO4. The molecule has 5 heteroatoms. The summed E-state index contributed by atoms with van der Waals surface area (Å²) in [6.07, 6.45) is 2.01. The zero-order valence-corrected chi connectivity index (χ0v) is 12.9. The Morgan fingerprint density at radius 1 is 1.32 bits per heavy atom. The van der Waals surface area contributed by atoms with Crippen molar-refractivity contribution in [1.29, 1.82) is 0 Å². The van der Waals surface area contributed by atoms with Crippen molar-refractivity contribution < 1.29 is 19.0 Å². The number of carbonyl (C=O) groups is 1. The van der Waals surface area contributed by atoms with Gasteiger partial charge in [0.05, 0.1) is 18.8 Å². The molecule has 1 heterocycles. The lowest BCUT2D eigenvalue weighted by molar-refractivity contribution is -0.153. The predicted molar refractivity (Wildman–Crippen MR) is 81.8 cm³/mol. The molecule has 0 N–H and O–H groups in total. The van der Waals surface area contributed by atoms with Crippen LogP contribution in [0.1, 0.15) is 19.8 Å². The maximum absolute atomic E-state index is 12.5. The van der Waals surface area contributed by atoms with Gasteiger partial charge in [-0.1, -0.05) is 18.2 Å². The van der Waals surface area contributed by atoms with E-state index in [4.69, 9.17) is 14.2 Å². The summed E-state index contributed by atoms with van der Waals surface area (Å²) in [7, 11) is 0. The quantitative estimate of drug-likeness (QED) is 0.833. The van der Waals surface area contributed by atoms with E-state index >= 15 is 0 Å². The van der Waals surface area contributed by atoms with Gasteiger partial charge in [-0.25, -0.2) is 0 Å². The number of carbonyl (C=O) groups excluding carboxylic acids is 1. The van der Waals surface area contributed by atoms with Crippen molar-refractivity contribution in [3.05, 3.63) is 30.3 Å². The van der Waals surface area contributed by atoms with Crippen LogP contribution in [0, 0.1) is 0 Å². The molecule has 5 nitrogen and oxygen atoms in total. The van der Waals surface area contributed by atoms with E-state index in [0.29, 0.717) is 19.8 Å². The fourth-order valence-electron chi connectivity index (χ4n) is 3.36. The summed E-state index contributed by atoms with van der Waals surface area (Å²) in [6.45, 7) is 3.96. The summed E-state index contributed by atoms with van der Waals surface area (Å²) < 4.78 is 17.2. The molecule has 1 saturated carbocycles. The van der Waals surface area contributed by atoms with E-state index in [2.05, 4.69) is 0 Å². The zero-order chi connectivity index (χ0) is 15.4. The first kappa shape index (κ1) is 15.3. The van der Waals surface area contributed by atoms with Crippen LogP contribution in [0.3, 0.4) is 0 Å². The average Bonchev–Trinajstić information content (AvgIpc) is 2.97. The molecule has 0 bridgehead atoms. The molecular weight excluding hydrogens is 282 g/mol. The first-order valence-corrected chi connectivity index (χ1v) is 8.00. The van der Waals surface area contributed by atoms with Crippen LogP contribution in [0.2, 0.25) is 0 Å². The highest BCUT2D eigenvalue weighted by molar-refractivity contribution is 5.78. The summed E-state index contributed by atoms with van der Waals surface area (Å²) >= 11 is 0. The predicted octanol–water partition coefficient (Wildman–Crippen LogP) is 1.86. The molecule has 0 spiro atoms. The van der Waals surface area contributed by atoms with Crippen LogP contribution in [0.5, 0.6) is 5.75 Å². The van der Waals surface area contributed by atoms with Gasteiger partial charge in [-0.3, -0.25) is 4.79 Å². The largest absolute Gasteiger partial charge is 0.484 e. The lowest BCUT2D eigenvalue weighted by atomic mass is 10.1. The summed E-state index contributed by atoms with van der Waals surface area (Å²) in [6, 6.07) is 9.56. The summed E-state index contributed by atoms with van der Waals surface area (Å²) in [5, 5.41) is 0. The van der Waals surface area contributed by atoms with Crippen LogP contribution in [0.25, 0.3) is 0 Å². The van der Waals surface area contributed by atoms with Crippen molar-refractivity contribution in [2.45, 2.75) is 38.0 Å². The number of benzene rings is 1. The van der Waals surface area contributed by atoms with Crippen LogP contribution in [0.4, 0.5) is 0 Å². The highest BCUT2D eigenvalue weighted by atomic mass is 16.5. The molecule has 120 valence electrons. The summed E-state index contributed by atoms with van der Waals surface area (Å²) in [4.78, 5) is 14.4. The lowest BCUT2D eigenvalue weighted by Crippen LogP contribution is -2.55. The number of hydrogen-bond acceptors (Lipinski definition) is 4. The number of nitrogens with zero attached hydrogens (tertiary/aromatic N) is 1. The molecule has 3 rings (SSSR count). The molecule has 1 aliphatic heterocycles. The Kier molecular flexibility index (Phi) is 4.95. The highest BCUT2D eigenvalue weighted by Crippen LogP contribution is 2.32. The lowest BCUT2D eigenvalue weighted by Gasteiger charge is -2.39. The van der Waals surface area contributed by atoms with Gasteiger partial charge in [0.25, 0.3) is 5.91 Å². The van der Waals surface area contributed by atoms with Crippen molar-refractivity contribution in [1.82, 2.24) is 4.90 Å². The van der Waals surface area contributed by atoms with E-state index in [1.165, 1.54) is 0 Å². The van der Waals surface area contributed by atoms with Gasteiger partial charge in [-0.2, -0.15) is 0 Å². The molecule has 22 heavy (non-hydrogen) atoms. The Balaban J connectivity index is 1.58. The molecule has 2 aliphatic rings. The van der Waals surface area contributed by atoms with E-state index in [0.717, 1.165) is 18.6 Å². The van der Waals surface area contributed by atoms with Gasteiger partial charge in [0.2, 0.25) is 0 Å². The zero-order valence-electron chi connectivity index (χ0n) is 12.9. The first-order chi connectivity index (χ1) is 10.8. The Labute approximate surface area is 131 Å². The summed E-state index contributed by atoms with van der Waals surface area (Å²) in [5.74, 6) is 0.749. The van der Waals surface area contributed by atoms with Crippen LogP contribution in [-0.4, -0.2) is 55.4 Å². The second-order valence-electron chi connectivity index (χ2n) is 5.66. The highest BCUT2D eigenvalue weighted by Gasteiger charge is 2.44. The number of fused-ring (bicyclic) bond motifs is 1. The van der Waals surface area contributed by atoms with Crippen LogP contribution < -0.4 is 4.74 Å². The number of amides is 1. The Morgan fingerprint density at radius 2 is 2.14 bits per heavy atom. The minimum absolute atomic E-state index is 0.00868. The molecule has 1 aliphatic carbocycles. The molecule has 3 atom stereocenters. The Bertz CT molecular complexity index is 493. The molecule has 1 saturated heterocycles. The SMILES string of the molecule is CCO[C@H]1CC[C@H]2[C@@H]1OCCN2C(=O)COc1ccccc1. The number of para-hydroxylation sites is 1. The van der Waals surface area contributed by atoms with E-state index in [9.17, 15) is 4.79 Å². The third-order valence-corrected chi connectivity index (χ3v) is 4.34. The van der Waals surface area contributed by atoms with Crippen molar-refractivity contribution in [2.24, 2.45) is 0 Å². The van der Waals surface area contributed by atoms with E-state index < -0.39 is 0 Å². The van der Waals surface area contributed by atoms with Gasteiger partial charge in [-0.15, -0.1) is 0 Å². The van der Waals surface area contributed by atoms with Crippen LogP contribution in [0.15, 0.2) is 30.3 Å². The number of rotatable bonds is 5. The molecule has 2 fully saturated rings. The third kappa shape index (κ3) is 3.25. The van der Waals surface area contributed by atoms with Crippen molar-refractivity contribution in [2.75, 3.05) is 26.4 Å². The fourth-order valence-corrected chi connectivity index (χ4v) is 3.36. The van der Waals surface area contributed by atoms with Crippen molar-refractivity contribution in [3.8, 4) is 5.75 Å². The van der Waals surface area contributed by atoms with Gasteiger partial charge in [0.15, 0.2) is 6.61 Å². The second kappa shape index (κ2) is 7.11. The second-order valence-corrected chi connectivity index (χ2v) is 5.66. The molecule has 0 unspecified atom stereocenters. The fraction of sp³-hybridized carbons (Fsp3) is 0.588. The normalized spacial score (nSPS) is 27.5. The number of morpholine rings is 1. The number of ether oxygens (including phenoxy) is 3. The van der Waals surface area contributed by atoms with Gasteiger partial charge in [0.1, 0.15) is 11.9 Å². The molecule has 0 aromatic heterocycles. The van der Waals surface area contributed by atoms with Crippen LogP contribution >= 0.6 is 0 Å². The maximum atomic E-state index is 12.5. The van der Waals surface area contributed by atoms with Crippen molar-refractivity contribution >= 4 is 5.91 Å². The molecule has 1 aromatic rings. The Hall–Kier alpha value is -1.59. The standard InChI is InChI=1S/C17H23NO4/c1-2-20-15-9-8-14-17(15)21-11-10-18(14)16(19)12-22-13-6-4-3-5-7-13/h3-7,14-15,17H,2,8-12H2,1H3/t14-,15-,17-/m0/s1. The van der Waals surface area contributed by atoms with Gasteiger partial charge < -0.3 is 19.1 Å². The molecule has 1 amide bonds. The van der Waals surface area contributed by atoms with Gasteiger partial charge in [-0.05, 0) is 31.9 Å². The van der Waals surface area contributed by atoms with Crippen molar-refractivity contribution in [3.63, 3.8) is 0 Å². The number of hydrogen-bond donors (Lipinski definition) is 0. The van der Waals surface area contributed by atoms with E-state index in [-0.39, 0.29) is 30.8 Å². The minimum Gasteiger partial charge on any atom is -0.484 e. The molecule has 1 aromatic carbocycles. The van der Waals surface area contributed by atoms with E-state index in [1.54, 1.807) is 0 Å².